The van der Waals surface area contributed by atoms with Crippen LogP contribution in [0.25, 0.3) is 10.9 Å². The van der Waals surface area contributed by atoms with Crippen LogP contribution < -0.4 is 5.32 Å². The average molecular weight is 238 g/mol. The largest absolute Gasteiger partial charge is 0.317 e. The van der Waals surface area contributed by atoms with Crippen LogP contribution in [-0.2, 0) is 0 Å². The second-order valence-electron chi connectivity index (χ2n) is 4.18. The van der Waals surface area contributed by atoms with Crippen LogP contribution in [0.15, 0.2) is 24.3 Å². The zero-order chi connectivity index (χ0) is 10.1. The Balaban J connectivity index is 0.000000963. The molecule has 2 aromatic rings. The summed E-state index contributed by atoms with van der Waals surface area (Å²) in [5.74, 6) is 0.652. The Hall–Kier alpha value is -1.06. The summed E-state index contributed by atoms with van der Waals surface area (Å²) in [6.45, 7) is 2.25. The Kier molecular flexibility index (Phi) is 3.46. The van der Waals surface area contributed by atoms with Gasteiger partial charge >= 0.3 is 0 Å². The number of para-hydroxylation sites is 1. The predicted molar refractivity (Wildman–Crippen MR) is 68.2 cm³/mol. The molecule has 86 valence electrons. The summed E-state index contributed by atoms with van der Waals surface area (Å²) in [4.78, 5) is 0. The van der Waals surface area contributed by atoms with Crippen LogP contribution in [0.5, 0.6) is 0 Å². The minimum absolute atomic E-state index is 0. The molecular weight excluding hydrogens is 222 g/mol. The fraction of sp³-hybridized carbons (Fsp3) is 0.417. The Morgan fingerprint density at radius 2 is 1.88 bits per heavy atom. The van der Waals surface area contributed by atoms with E-state index in [0.29, 0.717) is 5.92 Å². The number of aromatic amines is 1. The van der Waals surface area contributed by atoms with Crippen LogP contribution in [0.1, 0.15) is 24.5 Å². The summed E-state index contributed by atoms with van der Waals surface area (Å²) in [5.41, 5.74) is 2.41. The molecule has 0 spiro atoms. The number of halogens is 1. The third kappa shape index (κ3) is 1.93. The first kappa shape index (κ1) is 11.4. The van der Waals surface area contributed by atoms with Crippen molar-refractivity contribution < 1.29 is 0 Å². The van der Waals surface area contributed by atoms with Gasteiger partial charge in [-0.15, -0.1) is 12.4 Å². The quantitative estimate of drug-likeness (QED) is 0.800. The molecule has 1 aliphatic rings. The summed E-state index contributed by atoms with van der Waals surface area (Å²) in [7, 11) is 0. The lowest BCUT2D eigenvalue weighted by molar-refractivity contribution is 0.454. The van der Waals surface area contributed by atoms with E-state index in [0.717, 1.165) is 18.6 Å². The van der Waals surface area contributed by atoms with E-state index in [1.165, 1.54) is 23.9 Å². The summed E-state index contributed by atoms with van der Waals surface area (Å²) >= 11 is 0. The van der Waals surface area contributed by atoms with Crippen LogP contribution in [0.2, 0.25) is 0 Å². The fourth-order valence-electron chi connectivity index (χ4n) is 2.40. The van der Waals surface area contributed by atoms with Gasteiger partial charge < -0.3 is 5.32 Å². The first-order valence-electron chi connectivity index (χ1n) is 5.59. The molecule has 0 bridgehead atoms. The molecule has 0 unspecified atom stereocenters. The monoisotopic (exact) mass is 237 g/mol. The summed E-state index contributed by atoms with van der Waals surface area (Å²) < 4.78 is 0. The number of piperidine rings is 1. The van der Waals surface area contributed by atoms with E-state index in [4.69, 9.17) is 0 Å². The highest BCUT2D eigenvalue weighted by molar-refractivity contribution is 5.85. The first-order valence-corrected chi connectivity index (χ1v) is 5.59. The van der Waals surface area contributed by atoms with Crippen molar-refractivity contribution in [3.05, 3.63) is 30.0 Å². The van der Waals surface area contributed by atoms with Crippen LogP contribution in [-0.4, -0.2) is 23.3 Å². The van der Waals surface area contributed by atoms with Gasteiger partial charge in [0.25, 0.3) is 0 Å². The van der Waals surface area contributed by atoms with Crippen LogP contribution in [0.3, 0.4) is 0 Å². The highest BCUT2D eigenvalue weighted by Gasteiger charge is 2.18. The summed E-state index contributed by atoms with van der Waals surface area (Å²) in [6, 6.07) is 8.35. The Labute approximate surface area is 101 Å². The van der Waals surface area contributed by atoms with Crippen molar-refractivity contribution in [2.45, 2.75) is 18.8 Å². The maximum Gasteiger partial charge on any atom is 0.0923 e. The second kappa shape index (κ2) is 4.85. The van der Waals surface area contributed by atoms with Crippen molar-refractivity contribution in [2.75, 3.05) is 13.1 Å². The van der Waals surface area contributed by atoms with Gasteiger partial charge in [0.1, 0.15) is 0 Å². The molecule has 1 fully saturated rings. The zero-order valence-corrected chi connectivity index (χ0v) is 9.89. The van der Waals surface area contributed by atoms with Crippen molar-refractivity contribution in [2.24, 2.45) is 0 Å². The molecule has 1 saturated heterocycles. The summed E-state index contributed by atoms with van der Waals surface area (Å²) in [5, 5.41) is 12.2. The van der Waals surface area contributed by atoms with Gasteiger partial charge in [0, 0.05) is 17.0 Å². The lowest BCUT2D eigenvalue weighted by Crippen LogP contribution is -2.26. The third-order valence-electron chi connectivity index (χ3n) is 3.24. The molecule has 2 heterocycles. The molecule has 16 heavy (non-hydrogen) atoms. The van der Waals surface area contributed by atoms with Gasteiger partial charge in [0.15, 0.2) is 0 Å². The van der Waals surface area contributed by atoms with Crippen LogP contribution >= 0.6 is 12.4 Å². The lowest BCUT2D eigenvalue weighted by Gasteiger charge is -2.21. The number of fused-ring (bicyclic) bond motifs is 1. The number of rotatable bonds is 1. The van der Waals surface area contributed by atoms with Gasteiger partial charge in [-0.3, -0.25) is 5.10 Å². The number of nitrogens with one attached hydrogen (secondary N) is 2. The zero-order valence-electron chi connectivity index (χ0n) is 9.07. The molecule has 3 nitrogen and oxygen atoms in total. The molecule has 2 N–H and O–H groups in total. The normalized spacial score (nSPS) is 17.2. The molecule has 1 aliphatic heterocycles. The highest BCUT2D eigenvalue weighted by Crippen LogP contribution is 2.28. The number of H-pyrrole nitrogens is 1. The molecule has 4 heteroatoms. The van der Waals surface area contributed by atoms with Crippen molar-refractivity contribution in [3.63, 3.8) is 0 Å². The number of hydrogen-bond acceptors (Lipinski definition) is 2. The molecule has 0 atom stereocenters. The Bertz CT molecular complexity index is 460. The van der Waals surface area contributed by atoms with Crippen molar-refractivity contribution in [1.29, 1.82) is 0 Å². The van der Waals surface area contributed by atoms with E-state index in [9.17, 15) is 0 Å². The van der Waals surface area contributed by atoms with E-state index in [-0.39, 0.29) is 12.4 Å². The van der Waals surface area contributed by atoms with Gasteiger partial charge in [-0.05, 0) is 32.0 Å². The third-order valence-corrected chi connectivity index (χ3v) is 3.24. The molecular formula is C12H16ClN3. The van der Waals surface area contributed by atoms with Gasteiger partial charge in [-0.25, -0.2) is 0 Å². The minimum Gasteiger partial charge on any atom is -0.317 e. The molecule has 0 saturated carbocycles. The fourth-order valence-corrected chi connectivity index (χ4v) is 2.40. The van der Waals surface area contributed by atoms with E-state index in [2.05, 4.69) is 33.7 Å². The van der Waals surface area contributed by atoms with E-state index in [1.807, 2.05) is 6.07 Å². The highest BCUT2D eigenvalue weighted by atomic mass is 35.5. The van der Waals surface area contributed by atoms with Gasteiger partial charge in [0.2, 0.25) is 0 Å². The standard InChI is InChI=1S/C12H15N3.ClH/c1-2-4-11-10(3-1)12(15-14-11)9-5-7-13-8-6-9;/h1-4,9,13H,5-8H2,(H,14,15);1H. The maximum absolute atomic E-state index is 4.35. The van der Waals surface area contributed by atoms with Gasteiger partial charge in [0.05, 0.1) is 5.52 Å². The van der Waals surface area contributed by atoms with Crippen molar-refractivity contribution in [1.82, 2.24) is 15.5 Å². The Morgan fingerprint density at radius 3 is 2.69 bits per heavy atom. The topological polar surface area (TPSA) is 40.7 Å². The van der Waals surface area contributed by atoms with Gasteiger partial charge in [-0.2, -0.15) is 5.10 Å². The molecule has 3 rings (SSSR count). The minimum atomic E-state index is 0. The average Bonchev–Trinajstić information content (AvgIpc) is 2.74. The number of aromatic nitrogens is 2. The SMILES string of the molecule is Cl.c1ccc2c(C3CCNCC3)[nH]nc2c1. The number of benzene rings is 1. The van der Waals surface area contributed by atoms with Gasteiger partial charge in [-0.1, -0.05) is 18.2 Å². The van der Waals surface area contributed by atoms with Crippen LogP contribution in [0.4, 0.5) is 0 Å². The molecule has 0 aliphatic carbocycles. The first-order chi connectivity index (χ1) is 7.45. The molecule has 0 radical (unpaired) electrons. The maximum atomic E-state index is 4.35. The smallest absolute Gasteiger partial charge is 0.0923 e. The Morgan fingerprint density at radius 1 is 1.12 bits per heavy atom. The molecule has 1 aromatic heterocycles. The molecule has 1 aromatic carbocycles. The predicted octanol–water partition coefficient (Wildman–Crippen LogP) is 2.45. The molecule has 0 amide bonds. The van der Waals surface area contributed by atoms with Crippen molar-refractivity contribution >= 4 is 23.3 Å². The van der Waals surface area contributed by atoms with E-state index < -0.39 is 0 Å². The van der Waals surface area contributed by atoms with E-state index >= 15 is 0 Å². The number of nitrogens with zero attached hydrogens (tertiary/aromatic N) is 1. The summed E-state index contributed by atoms with van der Waals surface area (Å²) in [6.07, 6.45) is 2.43. The number of hydrogen-bond donors (Lipinski definition) is 2. The van der Waals surface area contributed by atoms with E-state index in [1.54, 1.807) is 0 Å². The van der Waals surface area contributed by atoms with Crippen molar-refractivity contribution in [3.8, 4) is 0 Å². The van der Waals surface area contributed by atoms with Crippen LogP contribution in [0, 0.1) is 0 Å². The lowest BCUT2D eigenvalue weighted by atomic mass is 9.93. The second-order valence-corrected chi connectivity index (χ2v) is 4.18.